The van der Waals surface area contributed by atoms with Crippen molar-refractivity contribution in [1.82, 2.24) is 0 Å². The average molecular weight is 187 g/mol. The van der Waals surface area contributed by atoms with Crippen LogP contribution in [0.25, 0.3) is 0 Å². The highest BCUT2D eigenvalue weighted by Gasteiger charge is 2.22. The molecule has 0 saturated carbocycles. The lowest BCUT2D eigenvalue weighted by Gasteiger charge is -2.16. The van der Waals surface area contributed by atoms with Crippen molar-refractivity contribution in [3.8, 4) is 0 Å². The van der Waals surface area contributed by atoms with Crippen molar-refractivity contribution < 1.29 is 15.0 Å². The number of rotatable bonds is 5. The van der Waals surface area contributed by atoms with E-state index in [1.807, 2.05) is 26.0 Å². The molecule has 1 unspecified atom stereocenters. The molecule has 0 rings (SSSR count). The Morgan fingerprint density at radius 3 is 2.54 bits per heavy atom. The lowest BCUT2D eigenvalue weighted by molar-refractivity contribution is -0.141. The van der Waals surface area contributed by atoms with Gasteiger partial charge >= 0.3 is 5.97 Å². The molecule has 3 atom stereocenters. The van der Waals surface area contributed by atoms with Crippen molar-refractivity contribution in [2.24, 2.45) is 11.7 Å². The van der Waals surface area contributed by atoms with Gasteiger partial charge in [-0.25, -0.2) is 0 Å². The molecular weight excluding hydrogens is 170 g/mol. The summed E-state index contributed by atoms with van der Waals surface area (Å²) in [4.78, 5) is 10.4. The van der Waals surface area contributed by atoms with Gasteiger partial charge in [0.15, 0.2) is 0 Å². The second kappa shape index (κ2) is 5.72. The summed E-state index contributed by atoms with van der Waals surface area (Å²) in [5.41, 5.74) is 5.23. The predicted octanol–water partition coefficient (Wildman–Crippen LogP) is 0.362. The molecule has 0 heterocycles. The van der Waals surface area contributed by atoms with Crippen LogP contribution in [0.5, 0.6) is 0 Å². The molecule has 4 heteroatoms. The van der Waals surface area contributed by atoms with Crippen LogP contribution >= 0.6 is 0 Å². The monoisotopic (exact) mass is 187 g/mol. The standard InChI is InChI=1S/C9H17NO3/c1-3-4-6(2)5-7(11)8(10)9(12)13/h3-4,6-8,11H,5,10H2,1-2H3,(H,12,13)/t6?,7-,8+/m0/s1. The van der Waals surface area contributed by atoms with Crippen molar-refractivity contribution in [2.75, 3.05) is 0 Å². The molecule has 0 amide bonds. The Morgan fingerprint density at radius 1 is 1.62 bits per heavy atom. The van der Waals surface area contributed by atoms with Crippen LogP contribution in [0.1, 0.15) is 20.3 Å². The Balaban J connectivity index is 3.98. The first-order chi connectivity index (χ1) is 5.99. The summed E-state index contributed by atoms with van der Waals surface area (Å²) in [5.74, 6) is -1.02. The van der Waals surface area contributed by atoms with Crippen molar-refractivity contribution in [2.45, 2.75) is 32.4 Å². The van der Waals surface area contributed by atoms with Gasteiger partial charge in [0.25, 0.3) is 0 Å². The van der Waals surface area contributed by atoms with Crippen molar-refractivity contribution >= 4 is 5.97 Å². The van der Waals surface area contributed by atoms with Crippen LogP contribution < -0.4 is 5.73 Å². The second-order valence-electron chi connectivity index (χ2n) is 3.17. The molecule has 0 bridgehead atoms. The maximum absolute atomic E-state index is 10.4. The Bertz CT molecular complexity index is 191. The molecule has 4 nitrogen and oxygen atoms in total. The lowest BCUT2D eigenvalue weighted by Crippen LogP contribution is -2.42. The molecule has 0 aliphatic rings. The third-order valence-electron chi connectivity index (χ3n) is 1.83. The molecule has 13 heavy (non-hydrogen) atoms. The third-order valence-corrected chi connectivity index (χ3v) is 1.83. The van der Waals surface area contributed by atoms with Gasteiger partial charge in [-0.15, -0.1) is 0 Å². The summed E-state index contributed by atoms with van der Waals surface area (Å²) in [6.07, 6.45) is 3.16. The van der Waals surface area contributed by atoms with Gasteiger partial charge in [-0.05, 0) is 19.3 Å². The van der Waals surface area contributed by atoms with Crippen LogP contribution in [0.3, 0.4) is 0 Å². The minimum absolute atomic E-state index is 0.144. The minimum atomic E-state index is -1.19. The Hall–Kier alpha value is -0.870. The van der Waals surface area contributed by atoms with Crippen LogP contribution in [-0.4, -0.2) is 28.3 Å². The molecule has 0 aromatic heterocycles. The first kappa shape index (κ1) is 12.1. The van der Waals surface area contributed by atoms with E-state index in [0.717, 1.165) is 0 Å². The van der Waals surface area contributed by atoms with Crippen molar-refractivity contribution in [3.63, 3.8) is 0 Å². The maximum atomic E-state index is 10.4. The fraction of sp³-hybridized carbons (Fsp3) is 0.667. The highest BCUT2D eigenvalue weighted by atomic mass is 16.4. The molecular formula is C9H17NO3. The molecule has 0 spiro atoms. The number of nitrogens with two attached hydrogens (primary N) is 1. The minimum Gasteiger partial charge on any atom is -0.480 e. The van der Waals surface area contributed by atoms with Crippen LogP contribution in [0, 0.1) is 5.92 Å². The topological polar surface area (TPSA) is 83.5 Å². The quantitative estimate of drug-likeness (QED) is 0.543. The van der Waals surface area contributed by atoms with Gasteiger partial charge in [-0.3, -0.25) is 4.79 Å². The molecule has 76 valence electrons. The van der Waals surface area contributed by atoms with E-state index in [9.17, 15) is 9.90 Å². The molecule has 0 fully saturated rings. The zero-order valence-corrected chi connectivity index (χ0v) is 7.97. The van der Waals surface area contributed by atoms with Gasteiger partial charge in [-0.2, -0.15) is 0 Å². The fourth-order valence-electron chi connectivity index (χ4n) is 1.10. The molecule has 0 aromatic rings. The molecule has 4 N–H and O–H groups in total. The van der Waals surface area contributed by atoms with Gasteiger partial charge in [0.05, 0.1) is 6.10 Å². The van der Waals surface area contributed by atoms with Gasteiger partial charge in [0.1, 0.15) is 6.04 Å². The number of aliphatic hydroxyl groups is 1. The van der Waals surface area contributed by atoms with Crippen LogP contribution in [0.2, 0.25) is 0 Å². The van der Waals surface area contributed by atoms with Crippen LogP contribution in [0.4, 0.5) is 0 Å². The van der Waals surface area contributed by atoms with Crippen LogP contribution in [0.15, 0.2) is 12.2 Å². The zero-order valence-electron chi connectivity index (χ0n) is 7.97. The third kappa shape index (κ3) is 4.65. The summed E-state index contributed by atoms with van der Waals surface area (Å²) >= 11 is 0. The number of aliphatic carboxylic acids is 1. The van der Waals surface area contributed by atoms with E-state index in [0.29, 0.717) is 6.42 Å². The normalized spacial score (nSPS) is 18.5. The van der Waals surface area contributed by atoms with Gasteiger partial charge in [0, 0.05) is 0 Å². The van der Waals surface area contributed by atoms with E-state index < -0.39 is 18.1 Å². The zero-order chi connectivity index (χ0) is 10.4. The second-order valence-corrected chi connectivity index (χ2v) is 3.17. The highest BCUT2D eigenvalue weighted by Crippen LogP contribution is 2.09. The van der Waals surface area contributed by atoms with Crippen LogP contribution in [-0.2, 0) is 4.79 Å². The number of hydrogen-bond donors (Lipinski definition) is 3. The first-order valence-corrected chi connectivity index (χ1v) is 4.28. The lowest BCUT2D eigenvalue weighted by atomic mass is 9.99. The number of hydrogen-bond acceptors (Lipinski definition) is 3. The predicted molar refractivity (Wildman–Crippen MR) is 50.2 cm³/mol. The SMILES string of the molecule is CC=CC(C)C[C@H](O)[C@@H](N)C(=O)O. The average Bonchev–Trinajstić information content (AvgIpc) is 2.03. The summed E-state index contributed by atoms with van der Waals surface area (Å²) in [6, 6.07) is -1.19. The molecule has 0 saturated heterocycles. The molecule has 0 aromatic carbocycles. The van der Waals surface area contributed by atoms with E-state index in [-0.39, 0.29) is 5.92 Å². The largest absolute Gasteiger partial charge is 0.480 e. The van der Waals surface area contributed by atoms with E-state index >= 15 is 0 Å². The Kier molecular flexibility index (Phi) is 5.34. The summed E-state index contributed by atoms with van der Waals surface area (Å²) in [5, 5.41) is 17.8. The number of allylic oxidation sites excluding steroid dienone is 2. The van der Waals surface area contributed by atoms with E-state index in [2.05, 4.69) is 0 Å². The number of carboxylic acids is 1. The smallest absolute Gasteiger partial charge is 0.323 e. The van der Waals surface area contributed by atoms with E-state index in [1.54, 1.807) is 0 Å². The first-order valence-electron chi connectivity index (χ1n) is 4.28. The summed E-state index contributed by atoms with van der Waals surface area (Å²) in [7, 11) is 0. The molecule has 0 aliphatic carbocycles. The maximum Gasteiger partial charge on any atom is 0.323 e. The summed E-state index contributed by atoms with van der Waals surface area (Å²) in [6.45, 7) is 3.78. The van der Waals surface area contributed by atoms with Crippen molar-refractivity contribution in [3.05, 3.63) is 12.2 Å². The van der Waals surface area contributed by atoms with E-state index in [1.165, 1.54) is 0 Å². The van der Waals surface area contributed by atoms with Gasteiger partial charge < -0.3 is 15.9 Å². The number of aliphatic hydroxyl groups excluding tert-OH is 1. The molecule has 0 aliphatic heterocycles. The van der Waals surface area contributed by atoms with Crippen molar-refractivity contribution in [1.29, 1.82) is 0 Å². The van der Waals surface area contributed by atoms with Gasteiger partial charge in [0.2, 0.25) is 0 Å². The Labute approximate surface area is 78.1 Å². The summed E-state index contributed by atoms with van der Waals surface area (Å²) < 4.78 is 0. The number of carboxylic acid groups (broad SMARTS) is 1. The highest BCUT2D eigenvalue weighted by molar-refractivity contribution is 5.73. The molecule has 0 radical (unpaired) electrons. The van der Waals surface area contributed by atoms with Gasteiger partial charge in [-0.1, -0.05) is 19.1 Å². The van der Waals surface area contributed by atoms with E-state index in [4.69, 9.17) is 10.8 Å². The number of carbonyl (C=O) groups is 1. The fourth-order valence-corrected chi connectivity index (χ4v) is 1.10. The Morgan fingerprint density at radius 2 is 2.15 bits per heavy atom.